The first-order valence-corrected chi connectivity index (χ1v) is 9.48. The number of aliphatic hydroxyl groups excluding tert-OH is 1. The van der Waals surface area contributed by atoms with E-state index in [0.717, 1.165) is 0 Å². The third-order valence-electron chi connectivity index (χ3n) is 4.41. The fourth-order valence-electron chi connectivity index (χ4n) is 2.49. The monoisotopic (exact) mass is 426 g/mol. The maximum atomic E-state index is 12.6. The van der Waals surface area contributed by atoms with Gasteiger partial charge in [0.25, 0.3) is 0 Å². The van der Waals surface area contributed by atoms with Gasteiger partial charge in [0, 0.05) is 18.3 Å². The number of carbonyl (C=O) groups is 4. The van der Waals surface area contributed by atoms with Crippen molar-refractivity contribution >= 4 is 23.7 Å². The zero-order valence-corrected chi connectivity index (χ0v) is 17.4. The number of hydrogen-bond acceptors (Lipinski definition) is 7. The molecule has 0 bridgehead atoms. The molecular weight excluding hydrogens is 396 g/mol. The van der Waals surface area contributed by atoms with Crippen LogP contribution in [0.3, 0.4) is 0 Å². The fourth-order valence-corrected chi connectivity index (χ4v) is 2.49. The number of H-pyrrole nitrogens is 1. The van der Waals surface area contributed by atoms with Crippen molar-refractivity contribution in [1.82, 2.24) is 25.9 Å². The standard InChI is InChI=1S/C18H30N6O6/c1-8(2)14(24-16(27)13(19)10(4)25)17(28)22-9(3)15(26)23-12(18(29)30)5-11-6-20-7-21-11/h6-10,12-14,25H,5,19H2,1-4H3,(H,20,21)(H,22,28)(H,23,26)(H,24,27)(H,29,30). The highest BCUT2D eigenvalue weighted by molar-refractivity contribution is 5.94. The molecule has 0 spiro atoms. The van der Waals surface area contributed by atoms with Gasteiger partial charge in [-0.2, -0.15) is 0 Å². The van der Waals surface area contributed by atoms with E-state index in [1.54, 1.807) is 13.8 Å². The topological polar surface area (TPSA) is 200 Å². The largest absolute Gasteiger partial charge is 0.480 e. The lowest BCUT2D eigenvalue weighted by molar-refractivity contribution is -0.142. The molecule has 1 aromatic rings. The zero-order chi connectivity index (χ0) is 23.0. The van der Waals surface area contributed by atoms with Crippen LogP contribution in [-0.2, 0) is 25.6 Å². The Morgan fingerprint density at radius 2 is 1.70 bits per heavy atom. The first-order valence-electron chi connectivity index (χ1n) is 9.48. The molecule has 5 unspecified atom stereocenters. The molecule has 12 nitrogen and oxygen atoms in total. The molecular formula is C18H30N6O6. The number of nitrogens with two attached hydrogens (primary N) is 1. The van der Waals surface area contributed by atoms with Gasteiger partial charge in [0.1, 0.15) is 24.2 Å². The van der Waals surface area contributed by atoms with Crippen LogP contribution in [-0.4, -0.2) is 74.1 Å². The average molecular weight is 426 g/mol. The van der Waals surface area contributed by atoms with E-state index < -0.39 is 54.0 Å². The summed E-state index contributed by atoms with van der Waals surface area (Å²) < 4.78 is 0. The number of hydrogen-bond donors (Lipinski definition) is 7. The van der Waals surface area contributed by atoms with Gasteiger partial charge in [-0.05, 0) is 19.8 Å². The summed E-state index contributed by atoms with van der Waals surface area (Å²) in [7, 11) is 0. The maximum absolute atomic E-state index is 12.6. The van der Waals surface area contributed by atoms with Crippen molar-refractivity contribution in [3.05, 3.63) is 18.2 Å². The first-order chi connectivity index (χ1) is 13.9. The Hall–Kier alpha value is -2.99. The molecule has 8 N–H and O–H groups in total. The Kier molecular flexibility index (Phi) is 9.40. The van der Waals surface area contributed by atoms with Gasteiger partial charge in [0.05, 0.1) is 12.4 Å². The molecule has 30 heavy (non-hydrogen) atoms. The highest BCUT2D eigenvalue weighted by Gasteiger charge is 2.31. The van der Waals surface area contributed by atoms with E-state index >= 15 is 0 Å². The number of carbonyl (C=O) groups excluding carboxylic acids is 3. The van der Waals surface area contributed by atoms with E-state index in [9.17, 15) is 29.4 Å². The van der Waals surface area contributed by atoms with Crippen molar-refractivity contribution in [2.45, 2.75) is 64.4 Å². The van der Waals surface area contributed by atoms with Gasteiger partial charge in [-0.1, -0.05) is 13.8 Å². The second-order valence-electron chi connectivity index (χ2n) is 7.41. The van der Waals surface area contributed by atoms with E-state index in [1.807, 2.05) is 0 Å². The highest BCUT2D eigenvalue weighted by Crippen LogP contribution is 2.05. The molecule has 0 aliphatic heterocycles. The van der Waals surface area contributed by atoms with Gasteiger partial charge >= 0.3 is 5.97 Å². The lowest BCUT2D eigenvalue weighted by atomic mass is 10.0. The highest BCUT2D eigenvalue weighted by atomic mass is 16.4. The lowest BCUT2D eigenvalue weighted by Crippen LogP contribution is -2.58. The molecule has 0 fully saturated rings. The van der Waals surface area contributed by atoms with Crippen LogP contribution in [0.15, 0.2) is 12.5 Å². The molecule has 0 radical (unpaired) electrons. The quantitative estimate of drug-likeness (QED) is 0.208. The van der Waals surface area contributed by atoms with Crippen LogP contribution in [0.4, 0.5) is 0 Å². The van der Waals surface area contributed by atoms with Crippen LogP contribution in [0, 0.1) is 5.92 Å². The van der Waals surface area contributed by atoms with E-state index in [4.69, 9.17) is 5.73 Å². The Bertz CT molecular complexity index is 736. The predicted octanol–water partition coefficient (Wildman–Crippen LogP) is -2.12. The number of aromatic amines is 1. The fraction of sp³-hybridized carbons (Fsp3) is 0.611. The molecule has 5 atom stereocenters. The predicted molar refractivity (Wildman–Crippen MR) is 106 cm³/mol. The van der Waals surface area contributed by atoms with Gasteiger partial charge in [0.15, 0.2) is 0 Å². The molecule has 0 aliphatic carbocycles. The number of aromatic nitrogens is 2. The summed E-state index contributed by atoms with van der Waals surface area (Å²) in [4.78, 5) is 55.0. The summed E-state index contributed by atoms with van der Waals surface area (Å²) >= 11 is 0. The summed E-state index contributed by atoms with van der Waals surface area (Å²) in [5.41, 5.74) is 6.10. The Labute approximate surface area is 174 Å². The molecule has 1 heterocycles. The number of nitrogens with zero attached hydrogens (tertiary/aromatic N) is 1. The van der Waals surface area contributed by atoms with Crippen LogP contribution < -0.4 is 21.7 Å². The van der Waals surface area contributed by atoms with Gasteiger partial charge in [-0.15, -0.1) is 0 Å². The van der Waals surface area contributed by atoms with E-state index in [2.05, 4.69) is 25.9 Å². The number of nitrogens with one attached hydrogen (secondary N) is 4. The summed E-state index contributed by atoms with van der Waals surface area (Å²) in [6, 6.07) is -4.50. The minimum atomic E-state index is -1.24. The third-order valence-corrected chi connectivity index (χ3v) is 4.41. The van der Waals surface area contributed by atoms with Crippen LogP contribution >= 0.6 is 0 Å². The Morgan fingerprint density at radius 3 is 2.17 bits per heavy atom. The molecule has 12 heteroatoms. The number of aliphatic carboxylic acids is 1. The summed E-state index contributed by atoms with van der Waals surface area (Å²) in [6.07, 6.45) is 1.72. The summed E-state index contributed by atoms with van der Waals surface area (Å²) in [6.45, 7) is 6.12. The first kappa shape index (κ1) is 25.0. The molecule has 3 amide bonds. The minimum Gasteiger partial charge on any atom is -0.480 e. The molecule has 0 aromatic carbocycles. The van der Waals surface area contributed by atoms with Gasteiger partial charge in [-0.3, -0.25) is 14.4 Å². The van der Waals surface area contributed by atoms with Crippen molar-refractivity contribution in [3.8, 4) is 0 Å². The summed E-state index contributed by atoms with van der Waals surface area (Å²) in [5, 5.41) is 26.0. The number of carboxylic acids is 1. The second-order valence-corrected chi connectivity index (χ2v) is 7.41. The van der Waals surface area contributed by atoms with Gasteiger partial charge < -0.3 is 36.9 Å². The molecule has 1 aromatic heterocycles. The smallest absolute Gasteiger partial charge is 0.326 e. The number of amides is 3. The second kappa shape index (κ2) is 11.3. The van der Waals surface area contributed by atoms with Crippen LogP contribution in [0.2, 0.25) is 0 Å². The van der Waals surface area contributed by atoms with Crippen molar-refractivity contribution < 1.29 is 29.4 Å². The molecule has 1 rings (SSSR count). The van der Waals surface area contributed by atoms with Crippen molar-refractivity contribution in [2.24, 2.45) is 11.7 Å². The van der Waals surface area contributed by atoms with Gasteiger partial charge in [-0.25, -0.2) is 9.78 Å². The SMILES string of the molecule is CC(NC(=O)C(NC(=O)C(N)C(C)O)C(C)C)C(=O)NC(Cc1cnc[nH]1)C(=O)O. The molecule has 168 valence electrons. The van der Waals surface area contributed by atoms with Gasteiger partial charge in [0.2, 0.25) is 17.7 Å². The summed E-state index contributed by atoms with van der Waals surface area (Å²) in [5.74, 6) is -3.63. The van der Waals surface area contributed by atoms with E-state index in [1.165, 1.54) is 26.4 Å². The average Bonchev–Trinajstić information content (AvgIpc) is 3.16. The van der Waals surface area contributed by atoms with Crippen LogP contribution in [0.1, 0.15) is 33.4 Å². The molecule has 0 aliphatic rings. The van der Waals surface area contributed by atoms with E-state index in [0.29, 0.717) is 5.69 Å². The zero-order valence-electron chi connectivity index (χ0n) is 17.4. The number of aliphatic hydroxyl groups is 1. The normalized spacial score (nSPS) is 16.1. The minimum absolute atomic E-state index is 0.0103. The number of imidazole rings is 1. The van der Waals surface area contributed by atoms with Crippen LogP contribution in [0.25, 0.3) is 0 Å². The van der Waals surface area contributed by atoms with Crippen LogP contribution in [0.5, 0.6) is 0 Å². The molecule has 0 saturated heterocycles. The number of rotatable bonds is 11. The third kappa shape index (κ3) is 7.44. The van der Waals surface area contributed by atoms with Crippen molar-refractivity contribution in [2.75, 3.05) is 0 Å². The van der Waals surface area contributed by atoms with E-state index in [-0.39, 0.29) is 12.3 Å². The Balaban J connectivity index is 2.73. The number of carboxylic acid groups (broad SMARTS) is 1. The van der Waals surface area contributed by atoms with Crippen molar-refractivity contribution in [3.63, 3.8) is 0 Å². The maximum Gasteiger partial charge on any atom is 0.326 e. The Morgan fingerprint density at radius 1 is 1.07 bits per heavy atom. The lowest BCUT2D eigenvalue weighted by Gasteiger charge is -2.26. The molecule has 0 saturated carbocycles. The van der Waals surface area contributed by atoms with Crippen molar-refractivity contribution in [1.29, 1.82) is 0 Å².